The Labute approximate surface area is 136 Å². The molecule has 6 nitrogen and oxygen atoms in total. The minimum atomic E-state index is -1.26. The molecule has 128 valence electrons. The van der Waals surface area contributed by atoms with E-state index in [-0.39, 0.29) is 0 Å². The van der Waals surface area contributed by atoms with Crippen LogP contribution in [0.2, 0.25) is 0 Å². The molecule has 0 radical (unpaired) electrons. The van der Waals surface area contributed by atoms with Crippen molar-refractivity contribution in [2.24, 2.45) is 0 Å². The van der Waals surface area contributed by atoms with Gasteiger partial charge in [-0.3, -0.25) is 0 Å². The number of para-hydroxylation sites is 1. The summed E-state index contributed by atoms with van der Waals surface area (Å²) in [6, 6.07) is 6.74. The van der Waals surface area contributed by atoms with Gasteiger partial charge >= 0.3 is 11.9 Å². The Bertz CT molecular complexity index is 502. The lowest BCUT2D eigenvalue weighted by atomic mass is 10.1. The van der Waals surface area contributed by atoms with Gasteiger partial charge in [-0.2, -0.15) is 0 Å². The van der Waals surface area contributed by atoms with E-state index in [0.717, 1.165) is 18.9 Å². The van der Waals surface area contributed by atoms with Gasteiger partial charge in [0.25, 0.3) is 0 Å². The predicted molar refractivity (Wildman–Crippen MR) is 89.0 cm³/mol. The minimum Gasteiger partial charge on any atom is -0.492 e. The average Bonchev–Trinajstić information content (AvgIpc) is 2.44. The van der Waals surface area contributed by atoms with Gasteiger partial charge in [0, 0.05) is 24.7 Å². The second-order valence-electron chi connectivity index (χ2n) is 5.19. The number of hydrogen-bond acceptors (Lipinski definition) is 4. The third kappa shape index (κ3) is 11.0. The second kappa shape index (κ2) is 11.3. The van der Waals surface area contributed by atoms with Gasteiger partial charge in [-0.1, -0.05) is 32.0 Å². The quantitative estimate of drug-likeness (QED) is 0.527. The predicted octanol–water partition coefficient (Wildman–Crippen LogP) is 2.39. The monoisotopic (exact) mass is 323 g/mol. The molecule has 6 heteroatoms. The van der Waals surface area contributed by atoms with E-state index in [0.29, 0.717) is 18.2 Å². The first-order chi connectivity index (χ1) is 10.7. The minimum absolute atomic E-state index is 0.520. The molecule has 0 aliphatic carbocycles. The molecule has 0 bridgehead atoms. The highest BCUT2D eigenvalue weighted by molar-refractivity contribution is 5.89. The molecule has 3 N–H and O–H groups in total. The lowest BCUT2D eigenvalue weighted by molar-refractivity contribution is -0.134. The van der Waals surface area contributed by atoms with Crippen molar-refractivity contribution in [1.29, 1.82) is 0 Å². The zero-order valence-electron chi connectivity index (χ0n) is 14.0. The molecular formula is C17H25NO5. The summed E-state index contributed by atoms with van der Waals surface area (Å²) in [5.74, 6) is -1.48. The molecule has 0 saturated carbocycles. The SMILES string of the molecule is Cc1cccc(C)c1OCCNC(C)C.O=C(O)C=CC(=O)O. The maximum atomic E-state index is 9.55. The normalized spacial score (nSPS) is 10.3. The number of rotatable bonds is 7. The van der Waals surface area contributed by atoms with Crippen LogP contribution in [0.1, 0.15) is 25.0 Å². The third-order valence-electron chi connectivity index (χ3n) is 2.68. The highest BCUT2D eigenvalue weighted by Gasteiger charge is 2.02. The Hall–Kier alpha value is -2.34. The van der Waals surface area contributed by atoms with E-state index in [2.05, 4.69) is 51.2 Å². The summed E-state index contributed by atoms with van der Waals surface area (Å²) in [4.78, 5) is 19.1. The van der Waals surface area contributed by atoms with Gasteiger partial charge in [0.05, 0.1) is 0 Å². The number of carbonyl (C=O) groups is 2. The number of carboxylic acid groups (broad SMARTS) is 2. The van der Waals surface area contributed by atoms with Crippen LogP contribution >= 0.6 is 0 Å². The molecule has 0 spiro atoms. The summed E-state index contributed by atoms with van der Waals surface area (Å²) in [6.07, 6.45) is 1.12. The fourth-order valence-electron chi connectivity index (χ4n) is 1.67. The van der Waals surface area contributed by atoms with E-state index in [4.69, 9.17) is 14.9 Å². The number of aryl methyl sites for hydroxylation is 2. The molecule has 1 aromatic rings. The van der Waals surface area contributed by atoms with Crippen LogP contribution in [0.25, 0.3) is 0 Å². The Kier molecular flexibility index (Phi) is 10.1. The number of aliphatic carboxylic acids is 2. The summed E-state index contributed by atoms with van der Waals surface area (Å²) in [6.45, 7) is 10.1. The van der Waals surface area contributed by atoms with Crippen molar-refractivity contribution in [2.75, 3.05) is 13.2 Å². The van der Waals surface area contributed by atoms with Crippen molar-refractivity contribution < 1.29 is 24.5 Å². The van der Waals surface area contributed by atoms with E-state index in [1.165, 1.54) is 11.1 Å². The van der Waals surface area contributed by atoms with E-state index in [9.17, 15) is 9.59 Å². The number of carboxylic acids is 2. The largest absolute Gasteiger partial charge is 0.492 e. The zero-order chi connectivity index (χ0) is 17.8. The molecule has 1 rings (SSSR count). The van der Waals surface area contributed by atoms with Crippen LogP contribution in [0.4, 0.5) is 0 Å². The highest BCUT2D eigenvalue weighted by atomic mass is 16.5. The second-order valence-corrected chi connectivity index (χ2v) is 5.19. The molecule has 0 amide bonds. The number of nitrogens with one attached hydrogen (secondary N) is 1. The van der Waals surface area contributed by atoms with Crippen LogP contribution in [0.5, 0.6) is 5.75 Å². The van der Waals surface area contributed by atoms with Gasteiger partial charge in [0.2, 0.25) is 0 Å². The molecule has 0 unspecified atom stereocenters. The molecular weight excluding hydrogens is 298 g/mol. The summed E-state index contributed by atoms with van der Waals surface area (Å²) in [5, 5.41) is 19.0. The molecule has 1 aromatic carbocycles. The molecule has 0 aliphatic heterocycles. The van der Waals surface area contributed by atoms with Crippen LogP contribution in [0.3, 0.4) is 0 Å². The van der Waals surface area contributed by atoms with Crippen LogP contribution in [0.15, 0.2) is 30.4 Å². The van der Waals surface area contributed by atoms with Gasteiger partial charge in [-0.15, -0.1) is 0 Å². The summed E-state index contributed by atoms with van der Waals surface area (Å²) >= 11 is 0. The van der Waals surface area contributed by atoms with Crippen LogP contribution in [0, 0.1) is 13.8 Å². The van der Waals surface area contributed by atoms with Crippen molar-refractivity contribution in [1.82, 2.24) is 5.32 Å². The maximum absolute atomic E-state index is 9.55. The van der Waals surface area contributed by atoms with Crippen molar-refractivity contribution in [3.8, 4) is 5.75 Å². The molecule has 0 aliphatic rings. The summed E-state index contributed by atoms with van der Waals surface area (Å²) in [5.41, 5.74) is 2.42. The van der Waals surface area contributed by atoms with Crippen molar-refractivity contribution in [2.45, 2.75) is 33.7 Å². The van der Waals surface area contributed by atoms with E-state index in [1.807, 2.05) is 0 Å². The smallest absolute Gasteiger partial charge is 0.328 e. The van der Waals surface area contributed by atoms with E-state index >= 15 is 0 Å². The molecule has 0 saturated heterocycles. The molecule has 23 heavy (non-hydrogen) atoms. The fourth-order valence-corrected chi connectivity index (χ4v) is 1.67. The maximum Gasteiger partial charge on any atom is 0.328 e. The van der Waals surface area contributed by atoms with E-state index in [1.54, 1.807) is 0 Å². The lowest BCUT2D eigenvalue weighted by Gasteiger charge is -2.13. The molecule has 0 heterocycles. The van der Waals surface area contributed by atoms with Gasteiger partial charge in [0.15, 0.2) is 0 Å². The van der Waals surface area contributed by atoms with Crippen LogP contribution in [-0.2, 0) is 9.59 Å². The Morgan fingerprint density at radius 2 is 1.61 bits per heavy atom. The van der Waals surface area contributed by atoms with Crippen molar-refractivity contribution >= 4 is 11.9 Å². The molecule has 0 aromatic heterocycles. The van der Waals surface area contributed by atoms with Crippen molar-refractivity contribution in [3.63, 3.8) is 0 Å². The first-order valence-electron chi connectivity index (χ1n) is 7.30. The van der Waals surface area contributed by atoms with Gasteiger partial charge in [0.1, 0.15) is 12.4 Å². The first-order valence-corrected chi connectivity index (χ1v) is 7.30. The van der Waals surface area contributed by atoms with Gasteiger partial charge in [-0.25, -0.2) is 9.59 Å². The zero-order valence-corrected chi connectivity index (χ0v) is 14.0. The third-order valence-corrected chi connectivity index (χ3v) is 2.68. The van der Waals surface area contributed by atoms with Gasteiger partial charge < -0.3 is 20.3 Å². The summed E-state index contributed by atoms with van der Waals surface area (Å²) in [7, 11) is 0. The molecule has 0 atom stereocenters. The Morgan fingerprint density at radius 1 is 1.13 bits per heavy atom. The van der Waals surface area contributed by atoms with Gasteiger partial charge in [-0.05, 0) is 25.0 Å². The summed E-state index contributed by atoms with van der Waals surface area (Å²) < 4.78 is 5.76. The van der Waals surface area contributed by atoms with Crippen molar-refractivity contribution in [3.05, 3.63) is 41.5 Å². The number of ether oxygens (including phenoxy) is 1. The highest BCUT2D eigenvalue weighted by Crippen LogP contribution is 2.21. The number of hydrogen-bond donors (Lipinski definition) is 3. The lowest BCUT2D eigenvalue weighted by Crippen LogP contribution is -2.27. The fraction of sp³-hybridized carbons (Fsp3) is 0.412. The standard InChI is InChI=1S/C13H21NO.C4H4O4/c1-10(2)14-8-9-15-13-11(3)6-5-7-12(13)4;5-3(6)1-2-4(7)8/h5-7,10,14H,8-9H2,1-4H3;1-2H,(H,5,6)(H,7,8). The average molecular weight is 323 g/mol. The van der Waals surface area contributed by atoms with Crippen LogP contribution < -0.4 is 10.1 Å². The topological polar surface area (TPSA) is 95.9 Å². The molecule has 0 fully saturated rings. The van der Waals surface area contributed by atoms with Crippen LogP contribution in [-0.4, -0.2) is 41.3 Å². The number of benzene rings is 1. The Balaban J connectivity index is 0.000000515. The Morgan fingerprint density at radius 3 is 2.00 bits per heavy atom. The first kappa shape index (κ1) is 20.7. The van der Waals surface area contributed by atoms with E-state index < -0.39 is 11.9 Å².